The molecule has 0 amide bonds. The van der Waals surface area contributed by atoms with E-state index in [1.54, 1.807) is 24.3 Å². The molecule has 1 atom stereocenters. The van der Waals surface area contributed by atoms with Gasteiger partial charge in [-0.25, -0.2) is 4.79 Å². The number of carbonyl (C=O) groups is 2. The summed E-state index contributed by atoms with van der Waals surface area (Å²) in [5, 5.41) is 39.0. The first-order valence-corrected chi connectivity index (χ1v) is 5.83. The summed E-state index contributed by atoms with van der Waals surface area (Å²) in [6.45, 7) is 0. The summed E-state index contributed by atoms with van der Waals surface area (Å²) in [6.07, 6.45) is 0.170. The summed E-state index contributed by atoms with van der Waals surface area (Å²) >= 11 is 0. The lowest BCUT2D eigenvalue weighted by Crippen LogP contribution is -2.41. The maximum absolute atomic E-state index is 11.3. The Labute approximate surface area is 113 Å². The van der Waals surface area contributed by atoms with Gasteiger partial charge in [0.2, 0.25) is 11.6 Å². The van der Waals surface area contributed by atoms with Crippen molar-refractivity contribution in [1.82, 2.24) is 4.57 Å². The van der Waals surface area contributed by atoms with Crippen molar-refractivity contribution in [2.45, 2.75) is 18.6 Å². The molecule has 0 aliphatic rings. The molecule has 7 heteroatoms. The third-order valence-corrected chi connectivity index (χ3v) is 3.13. The Kier molecular flexibility index (Phi) is 3.37. The van der Waals surface area contributed by atoms with E-state index in [0.29, 0.717) is 10.8 Å². The summed E-state index contributed by atoms with van der Waals surface area (Å²) in [5.41, 5.74) is -2.51. The Hall–Kier alpha value is -2.54. The molecule has 20 heavy (non-hydrogen) atoms. The van der Waals surface area contributed by atoms with Crippen LogP contribution >= 0.6 is 0 Å². The van der Waals surface area contributed by atoms with Gasteiger partial charge in [0, 0.05) is 23.4 Å². The van der Waals surface area contributed by atoms with Gasteiger partial charge in [0.15, 0.2) is 0 Å². The van der Waals surface area contributed by atoms with Crippen molar-refractivity contribution in [2.75, 3.05) is 0 Å². The molecule has 1 unspecified atom stereocenters. The smallest absolute Gasteiger partial charge is 0.357 e. The van der Waals surface area contributed by atoms with Gasteiger partial charge < -0.3 is 20.4 Å². The van der Waals surface area contributed by atoms with Crippen LogP contribution in [0.4, 0.5) is 0 Å². The van der Waals surface area contributed by atoms with Crippen LogP contribution in [0.1, 0.15) is 12.8 Å². The number of aliphatic hydroxyl groups is 1. The van der Waals surface area contributed by atoms with Crippen molar-refractivity contribution in [2.24, 2.45) is 0 Å². The number of rotatable bonds is 5. The number of hydrogen-bond acceptors (Lipinski definition) is 4. The molecule has 0 spiro atoms. The molecular weight excluding hydrogens is 266 g/mol. The molecule has 7 nitrogen and oxygen atoms in total. The minimum Gasteiger partial charge on any atom is -0.494 e. The summed E-state index contributed by atoms with van der Waals surface area (Å²) in [4.78, 5) is 21.9. The fourth-order valence-corrected chi connectivity index (χ4v) is 2.04. The van der Waals surface area contributed by atoms with Crippen LogP contribution in [0.3, 0.4) is 0 Å². The van der Waals surface area contributed by atoms with Crippen LogP contribution in [0.5, 0.6) is 5.88 Å². The van der Waals surface area contributed by atoms with E-state index in [-0.39, 0.29) is 0 Å². The van der Waals surface area contributed by atoms with Crippen molar-refractivity contribution in [1.29, 1.82) is 0 Å². The summed E-state index contributed by atoms with van der Waals surface area (Å²) in [6, 6.07) is 6.57. The number of carboxylic acids is 2. The molecule has 2 aromatic rings. The number of aromatic nitrogens is 1. The second-order valence-corrected chi connectivity index (χ2v) is 4.43. The first-order chi connectivity index (χ1) is 9.36. The van der Waals surface area contributed by atoms with Crippen LogP contribution in [0, 0.1) is 0 Å². The Morgan fingerprint density at radius 2 is 1.85 bits per heavy atom. The van der Waals surface area contributed by atoms with Gasteiger partial charge in [-0.1, -0.05) is 18.2 Å². The minimum atomic E-state index is -2.51. The van der Waals surface area contributed by atoms with Crippen molar-refractivity contribution < 1.29 is 30.0 Å². The average Bonchev–Trinajstić information content (AvgIpc) is 2.74. The highest BCUT2D eigenvalue weighted by Crippen LogP contribution is 2.33. The molecule has 0 aliphatic heterocycles. The molecule has 0 fully saturated rings. The summed E-state index contributed by atoms with van der Waals surface area (Å²) < 4.78 is 0.781. The van der Waals surface area contributed by atoms with E-state index >= 15 is 0 Å². The Bertz CT molecular complexity index is 677. The lowest BCUT2D eigenvalue weighted by Gasteiger charge is -2.25. The molecule has 1 aromatic carbocycles. The van der Waals surface area contributed by atoms with Gasteiger partial charge >= 0.3 is 11.9 Å². The molecular formula is C13H13NO6. The first kappa shape index (κ1) is 13.9. The van der Waals surface area contributed by atoms with E-state index in [9.17, 15) is 24.9 Å². The zero-order valence-electron chi connectivity index (χ0n) is 10.4. The zero-order valence-corrected chi connectivity index (χ0v) is 10.4. The molecule has 1 aromatic heterocycles. The monoisotopic (exact) mass is 279 g/mol. The number of aromatic hydroxyl groups is 1. The van der Waals surface area contributed by atoms with Crippen LogP contribution in [0.15, 0.2) is 30.5 Å². The summed E-state index contributed by atoms with van der Waals surface area (Å²) in [5.74, 6) is -3.29. The van der Waals surface area contributed by atoms with E-state index in [0.717, 1.165) is 4.57 Å². The number of benzene rings is 1. The highest BCUT2D eigenvalue weighted by Gasteiger charge is 2.40. The molecule has 106 valence electrons. The quantitative estimate of drug-likeness (QED) is 0.646. The first-order valence-electron chi connectivity index (χ1n) is 5.83. The Morgan fingerprint density at radius 1 is 1.20 bits per heavy atom. The van der Waals surface area contributed by atoms with Gasteiger partial charge in [-0.15, -0.1) is 0 Å². The number of fused-ring (bicyclic) bond motifs is 1. The molecule has 4 N–H and O–H groups in total. The highest BCUT2D eigenvalue weighted by atomic mass is 16.4. The van der Waals surface area contributed by atoms with Crippen LogP contribution in [-0.2, 0) is 15.3 Å². The summed E-state index contributed by atoms with van der Waals surface area (Å²) in [7, 11) is 0. The standard InChI is InChI=1S/C13H13NO6/c15-10(16)5-6-13(20,12(18)19)14-7-8-3-1-2-4-9(8)11(14)17/h1-4,7,17,20H,5-6H2,(H,15,16)(H,18,19). The van der Waals surface area contributed by atoms with Crippen molar-refractivity contribution in [3.63, 3.8) is 0 Å². The number of carboxylic acid groups (broad SMARTS) is 2. The molecule has 0 saturated heterocycles. The van der Waals surface area contributed by atoms with Gasteiger partial charge in [-0.2, -0.15) is 0 Å². The fourth-order valence-electron chi connectivity index (χ4n) is 2.04. The maximum atomic E-state index is 11.3. The molecule has 0 radical (unpaired) electrons. The van der Waals surface area contributed by atoms with Gasteiger partial charge in [-0.05, 0) is 6.07 Å². The van der Waals surface area contributed by atoms with Gasteiger partial charge in [-0.3, -0.25) is 9.36 Å². The third kappa shape index (κ3) is 2.19. The number of hydrogen-bond donors (Lipinski definition) is 4. The van der Waals surface area contributed by atoms with Gasteiger partial charge in [0.25, 0.3) is 0 Å². The molecule has 0 aliphatic carbocycles. The van der Waals surface area contributed by atoms with E-state index < -0.39 is 36.4 Å². The second-order valence-electron chi connectivity index (χ2n) is 4.43. The Morgan fingerprint density at radius 3 is 2.40 bits per heavy atom. The third-order valence-electron chi connectivity index (χ3n) is 3.13. The van der Waals surface area contributed by atoms with Crippen LogP contribution in [0.2, 0.25) is 0 Å². The Balaban J connectivity index is 2.54. The lowest BCUT2D eigenvalue weighted by atomic mass is 10.1. The average molecular weight is 279 g/mol. The van der Waals surface area contributed by atoms with E-state index in [1.807, 2.05) is 0 Å². The van der Waals surface area contributed by atoms with Crippen LogP contribution in [-0.4, -0.2) is 36.9 Å². The fraction of sp³-hybridized carbons (Fsp3) is 0.231. The normalized spacial score (nSPS) is 14.1. The van der Waals surface area contributed by atoms with E-state index in [1.165, 1.54) is 6.20 Å². The van der Waals surface area contributed by atoms with E-state index in [4.69, 9.17) is 5.11 Å². The maximum Gasteiger partial charge on any atom is 0.357 e. The number of aliphatic carboxylic acids is 2. The highest BCUT2D eigenvalue weighted by molar-refractivity contribution is 5.89. The number of nitrogens with zero attached hydrogens (tertiary/aromatic N) is 1. The van der Waals surface area contributed by atoms with Gasteiger partial charge in [0.1, 0.15) is 0 Å². The van der Waals surface area contributed by atoms with Crippen molar-refractivity contribution >= 4 is 22.7 Å². The minimum absolute atomic E-state index is 0.377. The molecule has 0 bridgehead atoms. The van der Waals surface area contributed by atoms with Crippen LogP contribution in [0.25, 0.3) is 10.8 Å². The molecule has 1 heterocycles. The van der Waals surface area contributed by atoms with Crippen molar-refractivity contribution in [3.05, 3.63) is 30.5 Å². The SMILES string of the molecule is O=C(O)CCC(O)(C(=O)O)n1cc2ccccc2c1O. The molecule has 0 saturated carbocycles. The van der Waals surface area contributed by atoms with Gasteiger partial charge in [0.05, 0.1) is 6.42 Å². The zero-order chi connectivity index (χ0) is 14.9. The lowest BCUT2D eigenvalue weighted by molar-refractivity contribution is -0.173. The predicted molar refractivity (Wildman–Crippen MR) is 68.3 cm³/mol. The molecule has 2 rings (SSSR count). The largest absolute Gasteiger partial charge is 0.494 e. The predicted octanol–water partition coefficient (Wildman–Crippen LogP) is 0.941. The van der Waals surface area contributed by atoms with E-state index in [2.05, 4.69) is 0 Å². The van der Waals surface area contributed by atoms with Crippen molar-refractivity contribution in [3.8, 4) is 5.88 Å². The second kappa shape index (κ2) is 4.86. The topological polar surface area (TPSA) is 120 Å². The van der Waals surface area contributed by atoms with Crippen LogP contribution < -0.4 is 0 Å².